The molecule has 1 N–H and O–H groups in total. The fraction of sp³-hybridized carbons (Fsp3) is 0.154. The van der Waals surface area contributed by atoms with Gasteiger partial charge in [-0.2, -0.15) is 0 Å². The van der Waals surface area contributed by atoms with E-state index in [-0.39, 0.29) is 28.2 Å². The molecular formula is C13H8ClNO4. The van der Waals surface area contributed by atoms with E-state index in [1.807, 2.05) is 0 Å². The number of aromatic carboxylic acids is 1. The minimum Gasteiger partial charge on any atom is -0.477 e. The molecule has 1 aliphatic heterocycles. The van der Waals surface area contributed by atoms with Gasteiger partial charge in [-0.1, -0.05) is 11.6 Å². The van der Waals surface area contributed by atoms with Crippen molar-refractivity contribution >= 4 is 34.3 Å². The molecule has 0 aliphatic carbocycles. The number of carboxylic acid groups (broad SMARTS) is 1. The van der Waals surface area contributed by atoms with Crippen LogP contribution in [0.3, 0.4) is 0 Å². The van der Waals surface area contributed by atoms with Gasteiger partial charge in [0.1, 0.15) is 5.56 Å². The van der Waals surface area contributed by atoms with Gasteiger partial charge >= 0.3 is 5.97 Å². The van der Waals surface area contributed by atoms with E-state index in [1.54, 1.807) is 4.57 Å². The van der Waals surface area contributed by atoms with Gasteiger partial charge in [0.15, 0.2) is 5.78 Å². The molecule has 0 unspecified atom stereocenters. The molecule has 3 rings (SSSR count). The number of hydrogen-bond donors (Lipinski definition) is 1. The van der Waals surface area contributed by atoms with Crippen LogP contribution in [-0.2, 0) is 6.54 Å². The maximum atomic E-state index is 12.1. The van der Waals surface area contributed by atoms with E-state index in [9.17, 15) is 14.4 Å². The van der Waals surface area contributed by atoms with Crippen molar-refractivity contribution in [2.75, 3.05) is 0 Å². The number of aryl methyl sites for hydroxylation is 1. The summed E-state index contributed by atoms with van der Waals surface area (Å²) in [6, 6.07) is 2.92. The van der Waals surface area contributed by atoms with E-state index in [0.29, 0.717) is 17.6 Å². The van der Waals surface area contributed by atoms with Crippen molar-refractivity contribution in [1.82, 2.24) is 4.57 Å². The molecule has 19 heavy (non-hydrogen) atoms. The van der Waals surface area contributed by atoms with Crippen molar-refractivity contribution in [3.63, 3.8) is 0 Å². The number of rotatable bonds is 1. The van der Waals surface area contributed by atoms with E-state index in [4.69, 9.17) is 16.7 Å². The van der Waals surface area contributed by atoms with E-state index in [0.717, 1.165) is 0 Å². The summed E-state index contributed by atoms with van der Waals surface area (Å²) in [5.74, 6) is -1.37. The first-order valence-electron chi connectivity index (χ1n) is 5.62. The Morgan fingerprint density at radius 2 is 2.05 bits per heavy atom. The molecule has 96 valence electrons. The lowest BCUT2D eigenvalue weighted by Gasteiger charge is -2.19. The lowest BCUT2D eigenvalue weighted by atomic mass is 9.99. The Bertz CT molecular complexity index is 806. The van der Waals surface area contributed by atoms with Crippen LogP contribution in [0.2, 0.25) is 5.02 Å². The van der Waals surface area contributed by atoms with Crippen molar-refractivity contribution in [3.8, 4) is 0 Å². The number of carboxylic acids is 1. The quantitative estimate of drug-likeness (QED) is 0.864. The van der Waals surface area contributed by atoms with Crippen LogP contribution in [0.5, 0.6) is 0 Å². The van der Waals surface area contributed by atoms with Crippen LogP contribution >= 0.6 is 11.6 Å². The van der Waals surface area contributed by atoms with Crippen molar-refractivity contribution in [1.29, 1.82) is 0 Å². The number of pyridine rings is 1. The van der Waals surface area contributed by atoms with Crippen LogP contribution in [0.4, 0.5) is 0 Å². The molecule has 2 heterocycles. The van der Waals surface area contributed by atoms with Gasteiger partial charge in [-0.25, -0.2) is 4.79 Å². The molecule has 0 saturated heterocycles. The summed E-state index contributed by atoms with van der Waals surface area (Å²) >= 11 is 5.90. The summed E-state index contributed by atoms with van der Waals surface area (Å²) in [6.45, 7) is 0.366. The van der Waals surface area contributed by atoms with Crippen LogP contribution in [0, 0.1) is 0 Å². The molecule has 1 aromatic heterocycles. The third-order valence-corrected chi connectivity index (χ3v) is 3.46. The average Bonchev–Trinajstić information content (AvgIpc) is 2.36. The lowest BCUT2D eigenvalue weighted by Crippen LogP contribution is -2.24. The summed E-state index contributed by atoms with van der Waals surface area (Å²) in [5.41, 5.74) is -0.0781. The molecule has 5 nitrogen and oxygen atoms in total. The Morgan fingerprint density at radius 1 is 1.32 bits per heavy atom. The Hall–Kier alpha value is -2.14. The number of ketones is 1. The second-order valence-electron chi connectivity index (χ2n) is 4.39. The number of nitrogens with zero attached hydrogens (tertiary/aromatic N) is 1. The van der Waals surface area contributed by atoms with Gasteiger partial charge in [0.2, 0.25) is 5.43 Å². The van der Waals surface area contributed by atoms with Crippen molar-refractivity contribution < 1.29 is 14.7 Å². The van der Waals surface area contributed by atoms with E-state index in [2.05, 4.69) is 0 Å². The SMILES string of the molecule is O=C(O)c1cn2c3c(cc(Cl)cc3c1=O)C(=O)CC2. The Kier molecular flexibility index (Phi) is 2.46. The minimum atomic E-state index is -1.28. The number of benzene rings is 1. The zero-order valence-corrected chi connectivity index (χ0v) is 10.4. The molecule has 0 amide bonds. The van der Waals surface area contributed by atoms with Crippen molar-refractivity contribution in [2.45, 2.75) is 13.0 Å². The number of carbonyl (C=O) groups is 2. The topological polar surface area (TPSA) is 76.4 Å². The van der Waals surface area contributed by atoms with E-state index >= 15 is 0 Å². The third-order valence-electron chi connectivity index (χ3n) is 3.25. The average molecular weight is 278 g/mol. The molecule has 2 aromatic rings. The summed E-state index contributed by atoms with van der Waals surface area (Å²) in [7, 11) is 0. The van der Waals surface area contributed by atoms with Gasteiger partial charge < -0.3 is 9.67 Å². The van der Waals surface area contributed by atoms with Gasteiger partial charge in [-0.15, -0.1) is 0 Å². The highest BCUT2D eigenvalue weighted by Crippen LogP contribution is 2.27. The van der Waals surface area contributed by atoms with Crippen LogP contribution < -0.4 is 5.43 Å². The number of carbonyl (C=O) groups excluding carboxylic acids is 1. The van der Waals surface area contributed by atoms with Gasteiger partial charge in [-0.3, -0.25) is 9.59 Å². The standard InChI is InChI=1S/C13H8ClNO4/c14-6-3-7-10(16)1-2-15-5-9(13(18)19)12(17)8(4-6)11(7)15/h3-5H,1-2H2,(H,18,19). The minimum absolute atomic E-state index is 0.0880. The van der Waals surface area contributed by atoms with Gasteiger partial charge in [0.05, 0.1) is 5.52 Å². The summed E-state index contributed by atoms with van der Waals surface area (Å²) in [5, 5.41) is 9.47. The third kappa shape index (κ3) is 1.66. The Balaban J connectivity index is 2.56. The van der Waals surface area contributed by atoms with Gasteiger partial charge in [0.25, 0.3) is 0 Å². The highest BCUT2D eigenvalue weighted by molar-refractivity contribution is 6.32. The van der Waals surface area contributed by atoms with Gasteiger partial charge in [0, 0.05) is 35.1 Å². The first kappa shape index (κ1) is 11.9. The predicted octanol–water partition coefficient (Wildman–Crippen LogP) is 1.94. The second-order valence-corrected chi connectivity index (χ2v) is 4.83. The molecule has 0 saturated carbocycles. The highest BCUT2D eigenvalue weighted by Gasteiger charge is 2.23. The van der Waals surface area contributed by atoms with Gasteiger partial charge in [-0.05, 0) is 12.1 Å². The molecule has 0 fully saturated rings. The fourth-order valence-electron chi connectivity index (χ4n) is 2.40. The normalized spacial score (nSPS) is 13.8. The number of Topliss-reactive ketones (excluding diaryl/α,β-unsaturated/α-hetero) is 1. The van der Waals surface area contributed by atoms with E-state index in [1.165, 1.54) is 18.3 Å². The molecular weight excluding hydrogens is 270 g/mol. The monoisotopic (exact) mass is 277 g/mol. The number of hydrogen-bond acceptors (Lipinski definition) is 3. The molecule has 1 aliphatic rings. The Labute approximate surface area is 112 Å². The maximum Gasteiger partial charge on any atom is 0.341 e. The summed E-state index contributed by atoms with van der Waals surface area (Å²) in [6.07, 6.45) is 1.56. The zero-order valence-electron chi connectivity index (χ0n) is 9.64. The first-order valence-corrected chi connectivity index (χ1v) is 6.00. The zero-order chi connectivity index (χ0) is 13.7. The highest BCUT2D eigenvalue weighted by atomic mass is 35.5. The van der Waals surface area contributed by atoms with E-state index < -0.39 is 11.4 Å². The summed E-state index contributed by atoms with van der Waals surface area (Å²) < 4.78 is 1.63. The molecule has 6 heteroatoms. The molecule has 1 aromatic carbocycles. The first-order chi connectivity index (χ1) is 8.99. The lowest BCUT2D eigenvalue weighted by molar-refractivity contribution is 0.0695. The molecule has 0 spiro atoms. The fourth-order valence-corrected chi connectivity index (χ4v) is 2.62. The largest absolute Gasteiger partial charge is 0.477 e. The smallest absolute Gasteiger partial charge is 0.341 e. The molecule has 0 atom stereocenters. The predicted molar refractivity (Wildman–Crippen MR) is 69.1 cm³/mol. The van der Waals surface area contributed by atoms with Crippen LogP contribution in [0.15, 0.2) is 23.1 Å². The maximum absolute atomic E-state index is 12.1. The summed E-state index contributed by atoms with van der Waals surface area (Å²) in [4.78, 5) is 35.0. The Morgan fingerprint density at radius 3 is 2.74 bits per heavy atom. The number of aromatic nitrogens is 1. The van der Waals surface area contributed by atoms with Crippen molar-refractivity contribution in [3.05, 3.63) is 44.7 Å². The van der Waals surface area contributed by atoms with Crippen molar-refractivity contribution in [2.24, 2.45) is 0 Å². The van der Waals surface area contributed by atoms with Crippen LogP contribution in [0.25, 0.3) is 10.9 Å². The van der Waals surface area contributed by atoms with Crippen LogP contribution in [-0.4, -0.2) is 21.4 Å². The number of halogens is 1. The molecule has 0 bridgehead atoms. The second kappa shape index (κ2) is 3.93. The molecule has 0 radical (unpaired) electrons. The van der Waals surface area contributed by atoms with Crippen LogP contribution in [0.1, 0.15) is 27.1 Å².